The summed E-state index contributed by atoms with van der Waals surface area (Å²) in [5.41, 5.74) is 0.130. The third-order valence-corrected chi connectivity index (χ3v) is 6.16. The molecule has 1 heterocycles. The molecule has 0 unspecified atom stereocenters. The van der Waals surface area contributed by atoms with Crippen molar-refractivity contribution < 1.29 is 27.5 Å². The number of rotatable bonds is 8. The minimum atomic E-state index is -3.55. The summed E-state index contributed by atoms with van der Waals surface area (Å²) in [4.78, 5) is 35.5. The zero-order valence-corrected chi connectivity index (χ0v) is 16.8. The van der Waals surface area contributed by atoms with Crippen molar-refractivity contribution in [2.24, 2.45) is 0 Å². The average molecular weight is 411 g/mol. The molecule has 0 aliphatic carbocycles. The number of sulfonamides is 1. The number of esters is 1. The van der Waals surface area contributed by atoms with Gasteiger partial charge in [0.15, 0.2) is 6.61 Å². The number of benzene rings is 1. The number of nitrogens with one attached hydrogen (secondary N) is 2. The Morgan fingerprint density at radius 2 is 1.75 bits per heavy atom. The molecule has 1 aliphatic heterocycles. The molecule has 0 saturated carbocycles. The fourth-order valence-electron chi connectivity index (χ4n) is 2.73. The zero-order valence-electron chi connectivity index (χ0n) is 15.9. The summed E-state index contributed by atoms with van der Waals surface area (Å²) in [6.45, 7) is 4.17. The first-order valence-corrected chi connectivity index (χ1v) is 10.5. The van der Waals surface area contributed by atoms with Crippen LogP contribution in [-0.2, 0) is 24.3 Å². The number of carbonyl (C=O) groups is 3. The molecule has 1 saturated heterocycles. The maximum Gasteiger partial charge on any atom is 0.338 e. The van der Waals surface area contributed by atoms with Gasteiger partial charge < -0.3 is 15.4 Å². The van der Waals surface area contributed by atoms with Crippen molar-refractivity contribution in [3.63, 3.8) is 0 Å². The second-order valence-corrected chi connectivity index (χ2v) is 8.33. The van der Waals surface area contributed by atoms with E-state index in [4.69, 9.17) is 4.74 Å². The van der Waals surface area contributed by atoms with Crippen LogP contribution in [0.15, 0.2) is 29.2 Å². The number of hydrogen-bond donors (Lipinski definition) is 2. The number of ether oxygens (including phenoxy) is 1. The summed E-state index contributed by atoms with van der Waals surface area (Å²) in [6.07, 6.45) is 1.68. The first-order valence-electron chi connectivity index (χ1n) is 9.10. The van der Waals surface area contributed by atoms with E-state index >= 15 is 0 Å². The Balaban J connectivity index is 1.89. The number of amides is 2. The molecule has 0 aromatic heterocycles. The Bertz CT molecular complexity index is 816. The van der Waals surface area contributed by atoms with Gasteiger partial charge in [-0.25, -0.2) is 13.2 Å². The largest absolute Gasteiger partial charge is 0.452 e. The van der Waals surface area contributed by atoms with Gasteiger partial charge in [-0.15, -0.1) is 0 Å². The lowest BCUT2D eigenvalue weighted by Crippen LogP contribution is -2.46. The Morgan fingerprint density at radius 1 is 1.14 bits per heavy atom. The molecule has 2 rings (SSSR count). The summed E-state index contributed by atoms with van der Waals surface area (Å²) < 4.78 is 31.2. The Hall–Kier alpha value is -2.46. The van der Waals surface area contributed by atoms with Gasteiger partial charge in [0.2, 0.25) is 15.9 Å². The molecule has 1 aliphatic rings. The van der Waals surface area contributed by atoms with Crippen LogP contribution >= 0.6 is 0 Å². The number of hydrogen-bond acceptors (Lipinski definition) is 6. The van der Waals surface area contributed by atoms with Crippen molar-refractivity contribution in [3.8, 4) is 0 Å². The van der Waals surface area contributed by atoms with Crippen LogP contribution < -0.4 is 10.6 Å². The maximum absolute atomic E-state index is 12.5. The zero-order chi connectivity index (χ0) is 20.7. The predicted molar refractivity (Wildman–Crippen MR) is 101 cm³/mol. The Morgan fingerprint density at radius 3 is 2.32 bits per heavy atom. The molecule has 1 aromatic carbocycles. The first-order chi connectivity index (χ1) is 13.3. The van der Waals surface area contributed by atoms with E-state index in [1.54, 1.807) is 6.92 Å². The van der Waals surface area contributed by atoms with Crippen molar-refractivity contribution >= 4 is 27.8 Å². The topological polar surface area (TPSA) is 122 Å². The van der Waals surface area contributed by atoms with Crippen molar-refractivity contribution in [3.05, 3.63) is 29.8 Å². The van der Waals surface area contributed by atoms with Crippen LogP contribution in [0.2, 0.25) is 0 Å². The van der Waals surface area contributed by atoms with E-state index < -0.39 is 34.5 Å². The standard InChI is InChI=1S/C18H25N3O6S/c1-3-19-17(23)13(2)20-16(22)12-27-18(24)14-6-8-15(9-7-14)28(25,26)21-10-4-5-11-21/h6-9,13H,3-5,10-12H2,1-2H3,(H,19,23)(H,20,22)/t13-/m1/s1. The monoisotopic (exact) mass is 411 g/mol. The van der Waals surface area contributed by atoms with E-state index in [1.165, 1.54) is 35.5 Å². The molecule has 0 spiro atoms. The molecular weight excluding hydrogens is 386 g/mol. The molecule has 0 radical (unpaired) electrons. The summed E-state index contributed by atoms with van der Waals surface area (Å²) in [6, 6.07) is 4.64. The molecule has 10 heteroatoms. The van der Waals surface area contributed by atoms with Gasteiger partial charge in [-0.3, -0.25) is 9.59 Å². The molecule has 28 heavy (non-hydrogen) atoms. The van der Waals surface area contributed by atoms with Crippen LogP contribution in [0.3, 0.4) is 0 Å². The van der Waals surface area contributed by atoms with Crippen LogP contribution in [0.25, 0.3) is 0 Å². The van der Waals surface area contributed by atoms with Crippen LogP contribution in [0.5, 0.6) is 0 Å². The van der Waals surface area contributed by atoms with E-state index in [0.29, 0.717) is 19.6 Å². The second-order valence-electron chi connectivity index (χ2n) is 6.40. The van der Waals surface area contributed by atoms with Crippen molar-refractivity contribution in [1.82, 2.24) is 14.9 Å². The van der Waals surface area contributed by atoms with Crippen LogP contribution in [0.1, 0.15) is 37.0 Å². The molecule has 2 amide bonds. The van der Waals surface area contributed by atoms with Gasteiger partial charge >= 0.3 is 5.97 Å². The highest BCUT2D eigenvalue weighted by atomic mass is 32.2. The predicted octanol–water partition coefficient (Wildman–Crippen LogP) is 0.269. The smallest absolute Gasteiger partial charge is 0.338 e. The summed E-state index contributed by atoms with van der Waals surface area (Å²) in [5.74, 6) is -1.71. The maximum atomic E-state index is 12.5. The lowest BCUT2D eigenvalue weighted by atomic mass is 10.2. The highest BCUT2D eigenvalue weighted by Gasteiger charge is 2.27. The van der Waals surface area contributed by atoms with Gasteiger partial charge in [0.1, 0.15) is 6.04 Å². The molecule has 1 fully saturated rings. The quantitative estimate of drug-likeness (QED) is 0.592. The molecule has 1 aromatic rings. The van der Waals surface area contributed by atoms with Gasteiger partial charge in [0.25, 0.3) is 5.91 Å². The normalized spacial score (nSPS) is 15.6. The van der Waals surface area contributed by atoms with Crippen LogP contribution in [-0.4, -0.2) is 62.8 Å². The van der Waals surface area contributed by atoms with Crippen LogP contribution in [0, 0.1) is 0 Å². The van der Waals surface area contributed by atoms with Crippen molar-refractivity contribution in [2.75, 3.05) is 26.2 Å². The number of likely N-dealkylation sites (N-methyl/N-ethyl adjacent to an activating group) is 1. The lowest BCUT2D eigenvalue weighted by molar-refractivity contribution is -0.130. The van der Waals surface area contributed by atoms with E-state index in [0.717, 1.165) is 12.8 Å². The fourth-order valence-corrected chi connectivity index (χ4v) is 4.25. The Kier molecular flexibility index (Phi) is 7.53. The van der Waals surface area contributed by atoms with E-state index in [1.807, 2.05) is 0 Å². The van der Waals surface area contributed by atoms with E-state index in [9.17, 15) is 22.8 Å². The van der Waals surface area contributed by atoms with Gasteiger partial charge in [-0.2, -0.15) is 4.31 Å². The highest BCUT2D eigenvalue weighted by molar-refractivity contribution is 7.89. The van der Waals surface area contributed by atoms with E-state index in [-0.39, 0.29) is 16.4 Å². The molecule has 2 N–H and O–H groups in total. The van der Waals surface area contributed by atoms with E-state index in [2.05, 4.69) is 10.6 Å². The molecule has 154 valence electrons. The Labute approximate surface area is 164 Å². The number of carbonyl (C=O) groups excluding carboxylic acids is 3. The van der Waals surface area contributed by atoms with Crippen molar-refractivity contribution in [2.45, 2.75) is 37.6 Å². The van der Waals surface area contributed by atoms with Gasteiger partial charge in [0, 0.05) is 19.6 Å². The first kappa shape index (κ1) is 21.8. The summed E-state index contributed by atoms with van der Waals surface area (Å²) >= 11 is 0. The molecule has 9 nitrogen and oxygen atoms in total. The summed E-state index contributed by atoms with van der Waals surface area (Å²) in [7, 11) is -3.55. The molecule has 0 bridgehead atoms. The van der Waals surface area contributed by atoms with Crippen molar-refractivity contribution in [1.29, 1.82) is 0 Å². The van der Waals surface area contributed by atoms with Gasteiger partial charge in [-0.05, 0) is 51.0 Å². The number of nitrogens with zero attached hydrogens (tertiary/aromatic N) is 1. The van der Waals surface area contributed by atoms with Crippen LogP contribution in [0.4, 0.5) is 0 Å². The minimum Gasteiger partial charge on any atom is -0.452 e. The summed E-state index contributed by atoms with van der Waals surface area (Å²) in [5, 5.41) is 4.98. The highest BCUT2D eigenvalue weighted by Crippen LogP contribution is 2.21. The lowest BCUT2D eigenvalue weighted by Gasteiger charge is -2.15. The third kappa shape index (κ3) is 5.52. The SMILES string of the molecule is CCNC(=O)[C@@H](C)NC(=O)COC(=O)c1ccc(S(=O)(=O)N2CCCC2)cc1. The average Bonchev–Trinajstić information content (AvgIpc) is 3.22. The van der Waals surface area contributed by atoms with Gasteiger partial charge in [-0.1, -0.05) is 0 Å². The van der Waals surface area contributed by atoms with Gasteiger partial charge in [0.05, 0.1) is 10.5 Å². The third-order valence-electron chi connectivity index (χ3n) is 4.25. The minimum absolute atomic E-state index is 0.111. The fraction of sp³-hybridized carbons (Fsp3) is 0.500. The second kappa shape index (κ2) is 9.65. The molecular formula is C18H25N3O6S. The molecule has 1 atom stereocenters.